The van der Waals surface area contributed by atoms with Gasteiger partial charge in [0.25, 0.3) is 5.91 Å². The van der Waals surface area contributed by atoms with Crippen LogP contribution < -0.4 is 4.90 Å². The van der Waals surface area contributed by atoms with E-state index in [-0.39, 0.29) is 29.7 Å². The fourth-order valence-corrected chi connectivity index (χ4v) is 5.96. The average Bonchev–Trinajstić information content (AvgIpc) is 3.47. The van der Waals surface area contributed by atoms with Crippen molar-refractivity contribution < 1.29 is 14.4 Å². The summed E-state index contributed by atoms with van der Waals surface area (Å²) in [6.45, 7) is 3.27. The van der Waals surface area contributed by atoms with Gasteiger partial charge in [-0.25, -0.2) is 0 Å². The molecule has 0 radical (unpaired) electrons. The Morgan fingerprint density at radius 2 is 1.77 bits per heavy atom. The van der Waals surface area contributed by atoms with E-state index in [2.05, 4.69) is 31.2 Å². The molecule has 6 nitrogen and oxygen atoms in total. The first-order valence-corrected chi connectivity index (χ1v) is 11.2. The zero-order valence-corrected chi connectivity index (χ0v) is 18.3. The van der Waals surface area contributed by atoms with Gasteiger partial charge in [-0.3, -0.25) is 14.4 Å². The third-order valence-corrected chi connectivity index (χ3v) is 7.99. The second-order valence-corrected chi connectivity index (χ2v) is 9.81. The van der Waals surface area contributed by atoms with Gasteiger partial charge in [-0.15, -0.1) is 11.3 Å². The summed E-state index contributed by atoms with van der Waals surface area (Å²) in [6.07, 6.45) is 2.43. The van der Waals surface area contributed by atoms with Crippen LogP contribution in [0.2, 0.25) is 0 Å². The molecule has 1 aliphatic carbocycles. The first-order chi connectivity index (χ1) is 14.3. The highest BCUT2D eigenvalue weighted by molar-refractivity contribution is 7.17. The number of thiophene rings is 1. The first kappa shape index (κ1) is 19.3. The third-order valence-electron chi connectivity index (χ3n) is 6.70. The topological polar surface area (TPSA) is 60.9 Å². The molecule has 1 aromatic heterocycles. The maximum Gasteiger partial charge on any atom is 0.257 e. The van der Waals surface area contributed by atoms with Crippen LogP contribution in [0.5, 0.6) is 0 Å². The average molecular weight is 424 g/mol. The molecule has 0 saturated heterocycles. The predicted molar refractivity (Wildman–Crippen MR) is 116 cm³/mol. The number of aryl methyl sites for hydroxylation is 1. The van der Waals surface area contributed by atoms with Crippen molar-refractivity contribution in [2.24, 2.45) is 0 Å². The van der Waals surface area contributed by atoms with E-state index >= 15 is 0 Å². The van der Waals surface area contributed by atoms with Gasteiger partial charge in [0.1, 0.15) is 11.5 Å². The number of fused-ring (bicyclic) bond motifs is 3. The Labute approximate surface area is 180 Å². The Morgan fingerprint density at radius 3 is 2.43 bits per heavy atom. The van der Waals surface area contributed by atoms with Crippen LogP contribution in [0, 0.1) is 6.92 Å². The molecular weight excluding hydrogens is 398 g/mol. The molecule has 1 aromatic carbocycles. The van der Waals surface area contributed by atoms with Crippen LogP contribution in [0.1, 0.15) is 44.8 Å². The Balaban J connectivity index is 1.45. The lowest BCUT2D eigenvalue weighted by Gasteiger charge is -2.31. The monoisotopic (exact) mass is 423 g/mol. The second kappa shape index (κ2) is 6.67. The van der Waals surface area contributed by atoms with Crippen LogP contribution in [0.4, 0.5) is 5.00 Å². The highest BCUT2D eigenvalue weighted by atomic mass is 32.1. The molecule has 2 aliphatic heterocycles. The molecule has 1 fully saturated rings. The Kier molecular flexibility index (Phi) is 4.29. The lowest BCUT2D eigenvalue weighted by atomic mass is 9.92. The minimum atomic E-state index is -0.387. The molecule has 3 heterocycles. The third kappa shape index (κ3) is 2.79. The molecule has 1 saturated carbocycles. The van der Waals surface area contributed by atoms with E-state index in [9.17, 15) is 14.4 Å². The number of benzene rings is 1. The van der Waals surface area contributed by atoms with Crippen LogP contribution in [0.25, 0.3) is 0 Å². The minimum Gasteiger partial charge on any atom is -0.336 e. The molecule has 30 heavy (non-hydrogen) atoms. The van der Waals surface area contributed by atoms with E-state index in [1.165, 1.54) is 21.8 Å². The number of likely N-dealkylation sites (N-methyl/N-ethyl adjacent to an activating group) is 2. The molecule has 3 amide bonds. The van der Waals surface area contributed by atoms with Gasteiger partial charge in [-0.1, -0.05) is 29.8 Å². The number of rotatable bonds is 2. The summed E-state index contributed by atoms with van der Waals surface area (Å²) >= 11 is 1.48. The molecule has 0 unspecified atom stereocenters. The van der Waals surface area contributed by atoms with Gasteiger partial charge in [0.05, 0.1) is 17.5 Å². The summed E-state index contributed by atoms with van der Waals surface area (Å²) in [7, 11) is 3.40. The predicted octanol–water partition coefficient (Wildman–Crippen LogP) is 2.72. The number of hydrogen-bond acceptors (Lipinski definition) is 4. The van der Waals surface area contributed by atoms with E-state index in [0.717, 1.165) is 28.8 Å². The second-order valence-electron chi connectivity index (χ2n) is 8.72. The van der Waals surface area contributed by atoms with Crippen molar-refractivity contribution in [3.63, 3.8) is 0 Å². The maximum atomic E-state index is 13.5. The van der Waals surface area contributed by atoms with E-state index in [4.69, 9.17) is 0 Å². The molecule has 156 valence electrons. The largest absolute Gasteiger partial charge is 0.336 e. The summed E-state index contributed by atoms with van der Waals surface area (Å²) in [4.78, 5) is 44.9. The van der Waals surface area contributed by atoms with Gasteiger partial charge in [0, 0.05) is 25.5 Å². The van der Waals surface area contributed by atoms with E-state index in [1.807, 2.05) is 4.90 Å². The van der Waals surface area contributed by atoms with Gasteiger partial charge >= 0.3 is 0 Å². The summed E-state index contributed by atoms with van der Waals surface area (Å²) in [6, 6.07) is 8.31. The fourth-order valence-electron chi connectivity index (χ4n) is 4.63. The van der Waals surface area contributed by atoms with Crippen molar-refractivity contribution in [3.8, 4) is 0 Å². The van der Waals surface area contributed by atoms with Crippen molar-refractivity contribution in [2.45, 2.75) is 38.1 Å². The number of carbonyl (C=O) groups excluding carboxylic acids is 3. The molecule has 0 bridgehead atoms. The summed E-state index contributed by atoms with van der Waals surface area (Å²) in [5.74, 6) is -0.000739. The fraction of sp³-hybridized carbons (Fsp3) is 0.435. The Morgan fingerprint density at radius 1 is 1.07 bits per heavy atom. The molecule has 2 aromatic rings. The van der Waals surface area contributed by atoms with Crippen LogP contribution in [-0.2, 0) is 28.0 Å². The lowest BCUT2D eigenvalue weighted by Crippen LogP contribution is -2.42. The van der Waals surface area contributed by atoms with Gasteiger partial charge in [0.2, 0.25) is 11.8 Å². The van der Waals surface area contributed by atoms with Crippen molar-refractivity contribution in [3.05, 3.63) is 51.4 Å². The Hall–Kier alpha value is -2.67. The van der Waals surface area contributed by atoms with Crippen LogP contribution in [0.15, 0.2) is 24.3 Å². The molecular formula is C23H25N3O3S. The quantitative estimate of drug-likeness (QED) is 0.746. The Bertz CT molecular complexity index is 1070. The zero-order chi connectivity index (χ0) is 21.2. The first-order valence-electron chi connectivity index (χ1n) is 10.3. The molecule has 0 spiro atoms. The number of hydrogen-bond donors (Lipinski definition) is 0. The maximum absolute atomic E-state index is 13.5. The van der Waals surface area contributed by atoms with E-state index in [0.29, 0.717) is 30.1 Å². The smallest absolute Gasteiger partial charge is 0.257 e. The van der Waals surface area contributed by atoms with Crippen molar-refractivity contribution in [1.82, 2.24) is 9.80 Å². The zero-order valence-electron chi connectivity index (χ0n) is 17.5. The van der Waals surface area contributed by atoms with Gasteiger partial charge < -0.3 is 14.7 Å². The number of amides is 3. The molecule has 7 heteroatoms. The highest BCUT2D eigenvalue weighted by Crippen LogP contribution is 2.50. The van der Waals surface area contributed by atoms with Crippen LogP contribution in [0.3, 0.4) is 0 Å². The minimum absolute atomic E-state index is 0.0903. The normalized spacial score (nSPS) is 20.0. The molecule has 3 aliphatic rings. The summed E-state index contributed by atoms with van der Waals surface area (Å²) in [5.41, 5.74) is 3.57. The van der Waals surface area contributed by atoms with E-state index < -0.39 is 0 Å². The van der Waals surface area contributed by atoms with Crippen molar-refractivity contribution in [2.75, 3.05) is 32.1 Å². The summed E-state index contributed by atoms with van der Waals surface area (Å²) in [5, 5.41) is 0.716. The highest BCUT2D eigenvalue weighted by Gasteiger charge is 2.53. The standard InChI is InChI=1S/C23H25N3O3S/c1-14-4-6-15(7-5-14)23(9-10-23)22(29)26-11-8-16-17(12-26)30-21-19(16)20(28)24(2)13-18(27)25(21)3/h4-7H,8-13H2,1-3H3. The molecule has 5 rings (SSSR count). The van der Waals surface area contributed by atoms with Gasteiger partial charge in [-0.05, 0) is 37.3 Å². The van der Waals surface area contributed by atoms with Crippen molar-refractivity contribution in [1.29, 1.82) is 0 Å². The van der Waals surface area contributed by atoms with Crippen LogP contribution in [-0.4, -0.2) is 54.7 Å². The number of nitrogens with zero attached hydrogens (tertiary/aromatic N) is 3. The molecule has 0 atom stereocenters. The SMILES string of the molecule is Cc1ccc(C2(C(=O)N3CCc4c(sc5c4C(=O)N(C)CC(=O)N5C)C3)CC2)cc1. The van der Waals surface area contributed by atoms with Gasteiger partial charge in [0.15, 0.2) is 0 Å². The van der Waals surface area contributed by atoms with Crippen LogP contribution >= 0.6 is 11.3 Å². The van der Waals surface area contributed by atoms with E-state index in [1.54, 1.807) is 19.0 Å². The lowest BCUT2D eigenvalue weighted by molar-refractivity contribution is -0.134. The summed E-state index contributed by atoms with van der Waals surface area (Å²) < 4.78 is 0. The van der Waals surface area contributed by atoms with Crippen molar-refractivity contribution >= 4 is 34.1 Å². The number of anilines is 1. The van der Waals surface area contributed by atoms with Gasteiger partial charge in [-0.2, -0.15) is 0 Å². The number of carbonyl (C=O) groups is 3. The molecule has 0 N–H and O–H groups in total.